The molecule has 0 bridgehead atoms. The van der Waals surface area contributed by atoms with Crippen LogP contribution in [0.3, 0.4) is 0 Å². The highest BCUT2D eigenvalue weighted by atomic mass is 16.4. The molecule has 0 fully saturated rings. The van der Waals surface area contributed by atoms with Gasteiger partial charge in [-0.05, 0) is 31.8 Å². The summed E-state index contributed by atoms with van der Waals surface area (Å²) in [5.74, 6) is -0.408. The molecular formula is C14H21N3O2. The molecule has 2 N–H and O–H groups in total. The fraction of sp³-hybridized carbons (Fsp3) is 0.500. The van der Waals surface area contributed by atoms with Crippen molar-refractivity contribution in [3.05, 3.63) is 34.3 Å². The Bertz CT molecular complexity index is 598. The molecule has 1 unspecified atom stereocenters. The van der Waals surface area contributed by atoms with Crippen LogP contribution in [-0.4, -0.2) is 36.6 Å². The first-order valence-corrected chi connectivity index (χ1v) is 6.50. The zero-order chi connectivity index (χ0) is 14.0. The number of nitrogens with zero attached hydrogens (tertiary/aromatic N) is 1. The molecular weight excluding hydrogens is 242 g/mol. The van der Waals surface area contributed by atoms with Gasteiger partial charge in [-0.2, -0.15) is 0 Å². The Morgan fingerprint density at radius 3 is 2.74 bits per heavy atom. The quantitative estimate of drug-likeness (QED) is 0.862. The molecule has 1 aromatic carbocycles. The molecule has 1 heterocycles. The molecule has 0 aliphatic rings. The van der Waals surface area contributed by atoms with Crippen molar-refractivity contribution in [2.24, 2.45) is 0 Å². The van der Waals surface area contributed by atoms with E-state index in [4.69, 9.17) is 4.42 Å². The fourth-order valence-electron chi connectivity index (χ4n) is 2.12. The molecule has 0 aliphatic heterocycles. The van der Waals surface area contributed by atoms with Crippen molar-refractivity contribution in [2.45, 2.75) is 25.9 Å². The second-order valence-corrected chi connectivity index (χ2v) is 5.31. The van der Waals surface area contributed by atoms with Crippen LogP contribution in [0.2, 0.25) is 0 Å². The average molecular weight is 263 g/mol. The number of benzene rings is 1. The van der Waals surface area contributed by atoms with Gasteiger partial charge in [0.05, 0.1) is 5.52 Å². The lowest BCUT2D eigenvalue weighted by atomic mass is 10.1. The van der Waals surface area contributed by atoms with Crippen LogP contribution in [0.25, 0.3) is 11.1 Å². The maximum atomic E-state index is 11.2. The third-order valence-electron chi connectivity index (χ3n) is 3.17. The highest BCUT2D eigenvalue weighted by molar-refractivity contribution is 5.72. The second kappa shape index (κ2) is 5.59. The standard InChI is InChI=1S/C14H21N3O2/c1-9(2)15-8-12(17(3)4)10-5-6-13-11(7-10)16-14(18)19-13/h5-7,9,12,15H,8H2,1-4H3,(H,16,18). The largest absolute Gasteiger partial charge is 0.417 e. The van der Waals surface area contributed by atoms with E-state index in [0.717, 1.165) is 17.6 Å². The van der Waals surface area contributed by atoms with Crippen molar-refractivity contribution in [1.29, 1.82) is 0 Å². The van der Waals surface area contributed by atoms with Gasteiger partial charge in [0.15, 0.2) is 5.58 Å². The summed E-state index contributed by atoms with van der Waals surface area (Å²) in [4.78, 5) is 16.0. The van der Waals surface area contributed by atoms with Crippen molar-refractivity contribution in [3.63, 3.8) is 0 Å². The van der Waals surface area contributed by atoms with E-state index in [1.165, 1.54) is 0 Å². The summed E-state index contributed by atoms with van der Waals surface area (Å²) >= 11 is 0. The van der Waals surface area contributed by atoms with Crippen molar-refractivity contribution >= 4 is 11.1 Å². The van der Waals surface area contributed by atoms with Crippen molar-refractivity contribution in [2.75, 3.05) is 20.6 Å². The van der Waals surface area contributed by atoms with E-state index in [1.54, 1.807) is 0 Å². The van der Waals surface area contributed by atoms with E-state index in [2.05, 4.69) is 43.1 Å². The smallest absolute Gasteiger partial charge is 0.408 e. The van der Waals surface area contributed by atoms with Gasteiger partial charge in [0, 0.05) is 18.6 Å². The lowest BCUT2D eigenvalue weighted by Gasteiger charge is -2.26. The van der Waals surface area contributed by atoms with Crippen molar-refractivity contribution in [3.8, 4) is 0 Å². The Balaban J connectivity index is 2.30. The lowest BCUT2D eigenvalue weighted by molar-refractivity contribution is 0.283. The SMILES string of the molecule is CC(C)NCC(c1ccc2oc(=O)[nH]c2c1)N(C)C. The minimum atomic E-state index is -0.408. The summed E-state index contributed by atoms with van der Waals surface area (Å²) in [7, 11) is 4.10. The van der Waals surface area contributed by atoms with E-state index < -0.39 is 5.76 Å². The molecule has 1 atom stereocenters. The number of likely N-dealkylation sites (N-methyl/N-ethyl adjacent to an activating group) is 1. The van der Waals surface area contributed by atoms with Crippen LogP contribution in [0.1, 0.15) is 25.5 Å². The molecule has 1 aromatic heterocycles. The molecule has 0 amide bonds. The number of fused-ring (bicyclic) bond motifs is 1. The molecule has 0 radical (unpaired) electrons. The molecule has 5 heteroatoms. The van der Waals surface area contributed by atoms with E-state index in [-0.39, 0.29) is 6.04 Å². The monoisotopic (exact) mass is 263 g/mol. The van der Waals surface area contributed by atoms with Gasteiger partial charge in [0.1, 0.15) is 0 Å². The van der Waals surface area contributed by atoms with E-state index in [1.807, 2.05) is 18.2 Å². The molecule has 19 heavy (non-hydrogen) atoms. The maximum absolute atomic E-state index is 11.2. The highest BCUT2D eigenvalue weighted by Crippen LogP contribution is 2.21. The third-order valence-corrected chi connectivity index (χ3v) is 3.17. The van der Waals surface area contributed by atoms with Crippen LogP contribution in [0.15, 0.2) is 27.4 Å². The Kier molecular flexibility index (Phi) is 4.07. The summed E-state index contributed by atoms with van der Waals surface area (Å²) < 4.78 is 5.02. The zero-order valence-corrected chi connectivity index (χ0v) is 11.9. The van der Waals surface area contributed by atoms with Gasteiger partial charge in [-0.1, -0.05) is 19.9 Å². The van der Waals surface area contributed by atoms with Crippen LogP contribution in [-0.2, 0) is 0 Å². The normalized spacial score (nSPS) is 13.6. The van der Waals surface area contributed by atoms with Crippen LogP contribution in [0, 0.1) is 0 Å². The molecule has 2 aromatic rings. The number of hydrogen-bond acceptors (Lipinski definition) is 4. The summed E-state index contributed by atoms with van der Waals surface area (Å²) in [6.45, 7) is 5.12. The highest BCUT2D eigenvalue weighted by Gasteiger charge is 2.15. The van der Waals surface area contributed by atoms with Crippen LogP contribution < -0.4 is 11.1 Å². The number of aromatic amines is 1. The minimum Gasteiger partial charge on any atom is -0.408 e. The van der Waals surface area contributed by atoms with Gasteiger partial charge in [0.2, 0.25) is 0 Å². The molecule has 0 saturated heterocycles. The molecule has 5 nitrogen and oxygen atoms in total. The average Bonchev–Trinajstić information content (AvgIpc) is 2.67. The number of aromatic nitrogens is 1. The zero-order valence-electron chi connectivity index (χ0n) is 11.9. The second-order valence-electron chi connectivity index (χ2n) is 5.31. The third kappa shape index (κ3) is 3.24. The van der Waals surface area contributed by atoms with Crippen LogP contribution >= 0.6 is 0 Å². The molecule has 2 rings (SSSR count). The van der Waals surface area contributed by atoms with Gasteiger partial charge in [0.25, 0.3) is 0 Å². The van der Waals surface area contributed by atoms with Gasteiger partial charge >= 0.3 is 5.76 Å². The van der Waals surface area contributed by atoms with Crippen LogP contribution in [0.5, 0.6) is 0 Å². The van der Waals surface area contributed by atoms with Crippen LogP contribution in [0.4, 0.5) is 0 Å². The lowest BCUT2D eigenvalue weighted by Crippen LogP contribution is -2.34. The first-order chi connectivity index (χ1) is 8.97. The first kappa shape index (κ1) is 13.8. The van der Waals surface area contributed by atoms with Gasteiger partial charge < -0.3 is 14.6 Å². The molecule has 104 valence electrons. The van der Waals surface area contributed by atoms with E-state index >= 15 is 0 Å². The van der Waals surface area contributed by atoms with E-state index in [0.29, 0.717) is 11.6 Å². The summed E-state index contributed by atoms with van der Waals surface area (Å²) in [5.41, 5.74) is 2.50. The maximum Gasteiger partial charge on any atom is 0.417 e. The number of H-pyrrole nitrogens is 1. The summed E-state index contributed by atoms with van der Waals surface area (Å²) in [6, 6.07) is 6.53. The molecule has 0 spiro atoms. The Morgan fingerprint density at radius 1 is 1.37 bits per heavy atom. The summed E-state index contributed by atoms with van der Waals surface area (Å²) in [5, 5.41) is 3.44. The van der Waals surface area contributed by atoms with Crippen molar-refractivity contribution in [1.82, 2.24) is 15.2 Å². The minimum absolute atomic E-state index is 0.255. The topological polar surface area (TPSA) is 61.3 Å². The summed E-state index contributed by atoms with van der Waals surface area (Å²) in [6.07, 6.45) is 0. The Morgan fingerprint density at radius 2 is 2.11 bits per heavy atom. The first-order valence-electron chi connectivity index (χ1n) is 6.50. The van der Waals surface area contributed by atoms with E-state index in [9.17, 15) is 4.79 Å². The Labute approximate surface area is 112 Å². The number of rotatable bonds is 5. The van der Waals surface area contributed by atoms with Gasteiger partial charge in [-0.3, -0.25) is 4.98 Å². The predicted octanol–water partition coefficient (Wildman–Crippen LogP) is 1.72. The molecule has 0 aliphatic carbocycles. The van der Waals surface area contributed by atoms with Crippen molar-refractivity contribution < 1.29 is 4.42 Å². The molecule has 0 saturated carbocycles. The fourth-order valence-corrected chi connectivity index (χ4v) is 2.12. The predicted molar refractivity (Wildman–Crippen MR) is 76.4 cm³/mol. The number of hydrogen-bond donors (Lipinski definition) is 2. The van der Waals surface area contributed by atoms with Gasteiger partial charge in [-0.15, -0.1) is 0 Å². The number of nitrogens with one attached hydrogen (secondary N) is 2. The van der Waals surface area contributed by atoms with Gasteiger partial charge in [-0.25, -0.2) is 4.79 Å². The Hall–Kier alpha value is -1.59. The number of oxazole rings is 1.